The Morgan fingerprint density at radius 2 is 2.18 bits per heavy atom. The van der Waals surface area contributed by atoms with Crippen LogP contribution in [0, 0.1) is 5.92 Å². The molecule has 0 aromatic heterocycles. The minimum Gasteiger partial charge on any atom is -0.287 e. The second-order valence-electron chi connectivity index (χ2n) is 3.68. The van der Waals surface area contributed by atoms with Crippen molar-refractivity contribution in [2.75, 3.05) is 0 Å². The molecule has 0 radical (unpaired) electrons. The zero-order valence-corrected chi connectivity index (χ0v) is 7.89. The third-order valence-electron chi connectivity index (χ3n) is 1.94. The predicted molar refractivity (Wildman–Crippen MR) is 50.1 cm³/mol. The van der Waals surface area contributed by atoms with Crippen LogP contribution in [-0.4, -0.2) is 11.8 Å². The van der Waals surface area contributed by atoms with Gasteiger partial charge in [0.25, 0.3) is 0 Å². The number of rotatable bonds is 2. The fraction of sp³-hybridized carbons (Fsp3) is 0.700. The first-order valence-electron chi connectivity index (χ1n) is 4.35. The van der Waals surface area contributed by atoms with Gasteiger partial charge in [0.15, 0.2) is 0 Å². The second-order valence-corrected chi connectivity index (χ2v) is 3.68. The number of aliphatic imine (C=N–C) groups is 1. The predicted octanol–water partition coefficient (Wildman–Crippen LogP) is 2.82. The van der Waals surface area contributed by atoms with Gasteiger partial charge in [0.05, 0.1) is 0 Å². The van der Waals surface area contributed by atoms with Crippen LogP contribution in [0.3, 0.4) is 0 Å². The number of allylic oxidation sites excluding steroid dienone is 2. The molecule has 0 aromatic rings. The Morgan fingerprint density at radius 3 is 2.55 bits per heavy atom. The minimum atomic E-state index is 0.437. The molecule has 1 rings (SSSR count). The molecule has 11 heavy (non-hydrogen) atoms. The van der Waals surface area contributed by atoms with Crippen LogP contribution in [0.4, 0.5) is 0 Å². The Balaban J connectivity index is 2.56. The van der Waals surface area contributed by atoms with Gasteiger partial charge in [-0.1, -0.05) is 13.0 Å². The van der Waals surface area contributed by atoms with E-state index in [2.05, 4.69) is 38.8 Å². The quantitative estimate of drug-likeness (QED) is 0.538. The molecule has 1 heteroatoms. The van der Waals surface area contributed by atoms with Gasteiger partial charge >= 0.3 is 0 Å². The van der Waals surface area contributed by atoms with Crippen LogP contribution < -0.4 is 0 Å². The largest absolute Gasteiger partial charge is 0.287 e. The molecule has 1 nitrogen and oxygen atoms in total. The molecule has 0 heterocycles. The first-order chi connectivity index (χ1) is 5.09. The summed E-state index contributed by atoms with van der Waals surface area (Å²) in [5, 5.41) is 0. The SMILES string of the molecule is C/C(=N\C(C)C)C1=CC(C)C1. The fourth-order valence-electron chi connectivity index (χ4n) is 1.40. The van der Waals surface area contributed by atoms with Gasteiger partial charge in [-0.25, -0.2) is 0 Å². The molecule has 0 fully saturated rings. The van der Waals surface area contributed by atoms with Gasteiger partial charge < -0.3 is 0 Å². The fourth-order valence-corrected chi connectivity index (χ4v) is 1.40. The zero-order valence-electron chi connectivity index (χ0n) is 7.89. The van der Waals surface area contributed by atoms with E-state index in [0.717, 1.165) is 5.92 Å². The first kappa shape index (κ1) is 8.51. The second kappa shape index (κ2) is 3.21. The van der Waals surface area contributed by atoms with E-state index in [-0.39, 0.29) is 0 Å². The van der Waals surface area contributed by atoms with Crippen molar-refractivity contribution in [2.24, 2.45) is 10.9 Å². The minimum absolute atomic E-state index is 0.437. The lowest BCUT2D eigenvalue weighted by Gasteiger charge is -2.21. The monoisotopic (exact) mass is 151 g/mol. The third-order valence-corrected chi connectivity index (χ3v) is 1.94. The maximum absolute atomic E-state index is 4.48. The zero-order chi connectivity index (χ0) is 8.43. The maximum Gasteiger partial charge on any atom is 0.0446 e. The molecule has 1 atom stereocenters. The van der Waals surface area contributed by atoms with Crippen molar-refractivity contribution < 1.29 is 0 Å². The van der Waals surface area contributed by atoms with Crippen LogP contribution in [0.15, 0.2) is 16.6 Å². The van der Waals surface area contributed by atoms with Gasteiger partial charge in [0, 0.05) is 11.8 Å². The van der Waals surface area contributed by atoms with Gasteiger partial charge in [0.2, 0.25) is 0 Å². The van der Waals surface area contributed by atoms with E-state index in [1.54, 1.807) is 0 Å². The molecule has 62 valence electrons. The highest BCUT2D eigenvalue weighted by Gasteiger charge is 2.15. The molecule has 0 saturated carbocycles. The molecule has 1 aliphatic carbocycles. The van der Waals surface area contributed by atoms with Gasteiger partial charge in [-0.3, -0.25) is 4.99 Å². The highest BCUT2D eigenvalue weighted by molar-refractivity contribution is 5.99. The van der Waals surface area contributed by atoms with Crippen LogP contribution in [0.2, 0.25) is 0 Å². The average Bonchev–Trinajstić information content (AvgIpc) is 1.79. The summed E-state index contributed by atoms with van der Waals surface area (Å²) in [6.07, 6.45) is 3.53. The smallest absolute Gasteiger partial charge is 0.0446 e. The number of hydrogen-bond donors (Lipinski definition) is 0. The van der Waals surface area contributed by atoms with Crippen molar-refractivity contribution in [1.82, 2.24) is 0 Å². The van der Waals surface area contributed by atoms with Gasteiger partial charge in [0.1, 0.15) is 0 Å². The molecule has 1 unspecified atom stereocenters. The highest BCUT2D eigenvalue weighted by Crippen LogP contribution is 2.26. The van der Waals surface area contributed by atoms with Crippen LogP contribution in [0.25, 0.3) is 0 Å². The average molecular weight is 151 g/mol. The Kier molecular flexibility index (Phi) is 2.48. The highest BCUT2D eigenvalue weighted by atomic mass is 14.8. The number of nitrogens with zero attached hydrogens (tertiary/aromatic N) is 1. The molecular weight excluding hydrogens is 134 g/mol. The van der Waals surface area contributed by atoms with Gasteiger partial charge in [-0.2, -0.15) is 0 Å². The summed E-state index contributed by atoms with van der Waals surface area (Å²) in [7, 11) is 0. The Bertz CT molecular complexity index is 199. The summed E-state index contributed by atoms with van der Waals surface area (Å²) >= 11 is 0. The van der Waals surface area contributed by atoms with Crippen molar-refractivity contribution in [2.45, 2.75) is 40.2 Å². The van der Waals surface area contributed by atoms with Gasteiger partial charge in [-0.05, 0) is 38.7 Å². The van der Waals surface area contributed by atoms with E-state index in [1.807, 2.05) is 0 Å². The topological polar surface area (TPSA) is 12.4 Å². The summed E-state index contributed by atoms with van der Waals surface area (Å²) in [6, 6.07) is 0.437. The molecule has 0 bridgehead atoms. The molecule has 1 aliphatic rings. The van der Waals surface area contributed by atoms with Crippen molar-refractivity contribution in [3.05, 3.63) is 11.6 Å². The normalized spacial score (nSPS) is 25.0. The molecule has 0 aliphatic heterocycles. The number of hydrogen-bond acceptors (Lipinski definition) is 1. The lowest BCUT2D eigenvalue weighted by atomic mass is 9.85. The van der Waals surface area contributed by atoms with Crippen molar-refractivity contribution in [1.29, 1.82) is 0 Å². The van der Waals surface area contributed by atoms with Crippen LogP contribution in [-0.2, 0) is 0 Å². The third kappa shape index (κ3) is 2.18. The van der Waals surface area contributed by atoms with E-state index in [4.69, 9.17) is 0 Å². The standard InChI is InChI=1S/C10H17N/c1-7(2)11-9(4)10-5-8(3)6-10/h5,7-8H,6H2,1-4H3/b11-9+. The summed E-state index contributed by atoms with van der Waals surface area (Å²) in [5.41, 5.74) is 2.68. The summed E-state index contributed by atoms with van der Waals surface area (Å²) in [5.74, 6) is 0.780. The van der Waals surface area contributed by atoms with Crippen LogP contribution >= 0.6 is 0 Å². The maximum atomic E-state index is 4.48. The van der Waals surface area contributed by atoms with E-state index in [0.29, 0.717) is 6.04 Å². The Hall–Kier alpha value is -0.590. The Labute approximate surface area is 69.2 Å². The molecule has 0 aromatic carbocycles. The molecule has 0 saturated heterocycles. The van der Waals surface area contributed by atoms with Gasteiger partial charge in [-0.15, -0.1) is 0 Å². The lowest BCUT2D eigenvalue weighted by Crippen LogP contribution is -2.13. The van der Waals surface area contributed by atoms with Crippen LogP contribution in [0.5, 0.6) is 0 Å². The lowest BCUT2D eigenvalue weighted by molar-refractivity contribution is 0.658. The van der Waals surface area contributed by atoms with E-state index >= 15 is 0 Å². The molecule has 0 amide bonds. The van der Waals surface area contributed by atoms with Crippen LogP contribution in [0.1, 0.15) is 34.1 Å². The molecule has 0 N–H and O–H groups in total. The summed E-state index contributed by atoms with van der Waals surface area (Å²) < 4.78 is 0. The van der Waals surface area contributed by atoms with Crippen molar-refractivity contribution in [3.8, 4) is 0 Å². The van der Waals surface area contributed by atoms with E-state index in [9.17, 15) is 0 Å². The van der Waals surface area contributed by atoms with Crippen molar-refractivity contribution >= 4 is 5.71 Å². The summed E-state index contributed by atoms with van der Waals surface area (Å²) in [6.45, 7) is 8.59. The molecular formula is C10H17N. The van der Waals surface area contributed by atoms with E-state index < -0.39 is 0 Å². The summed E-state index contributed by atoms with van der Waals surface area (Å²) in [4.78, 5) is 4.48. The van der Waals surface area contributed by atoms with Crippen molar-refractivity contribution in [3.63, 3.8) is 0 Å². The first-order valence-corrected chi connectivity index (χ1v) is 4.35. The molecule has 0 spiro atoms. The Morgan fingerprint density at radius 1 is 1.64 bits per heavy atom. The van der Waals surface area contributed by atoms with E-state index in [1.165, 1.54) is 17.7 Å².